The number of benzene rings is 1. The van der Waals surface area contributed by atoms with Gasteiger partial charge >= 0.3 is 0 Å². The number of hydrogen-bond acceptors (Lipinski definition) is 3. The van der Waals surface area contributed by atoms with Gasteiger partial charge in [-0.1, -0.05) is 41.9 Å². The lowest BCUT2D eigenvalue weighted by Gasteiger charge is -2.02. The van der Waals surface area contributed by atoms with Crippen LogP contribution in [0.25, 0.3) is 0 Å². The molecule has 0 aliphatic carbocycles. The van der Waals surface area contributed by atoms with Crippen LogP contribution in [0.3, 0.4) is 0 Å². The maximum Gasteiger partial charge on any atom is 0.198 e. The zero-order valence-electron chi connectivity index (χ0n) is 9.77. The largest absolute Gasteiger partial charge is 0.373 e. The van der Waals surface area contributed by atoms with E-state index in [-0.39, 0.29) is 12.4 Å². The van der Waals surface area contributed by atoms with Gasteiger partial charge in [-0.2, -0.15) is 0 Å². The van der Waals surface area contributed by atoms with E-state index >= 15 is 0 Å². The van der Waals surface area contributed by atoms with Crippen LogP contribution in [0.15, 0.2) is 42.5 Å². The van der Waals surface area contributed by atoms with Gasteiger partial charge in [0.1, 0.15) is 6.61 Å². The quantitative estimate of drug-likeness (QED) is 0.593. The number of halogens is 1. The van der Waals surface area contributed by atoms with E-state index in [1.165, 1.54) is 16.9 Å². The molecule has 2 aromatic rings. The van der Waals surface area contributed by atoms with Gasteiger partial charge in [0.05, 0.1) is 15.8 Å². The zero-order valence-corrected chi connectivity index (χ0v) is 11.3. The molecular weight excluding hydrogens is 268 g/mol. The first-order valence-electron chi connectivity index (χ1n) is 5.66. The van der Waals surface area contributed by atoms with E-state index in [4.69, 9.17) is 16.3 Å². The number of ketones is 1. The number of Topliss-reactive ketones (excluding diaryl/α,β-unsaturated/α-hetero) is 1. The second kappa shape index (κ2) is 6.69. The lowest BCUT2D eigenvalue weighted by atomic mass is 10.2. The third-order valence-corrected chi connectivity index (χ3v) is 3.73. The fourth-order valence-electron chi connectivity index (χ4n) is 1.53. The van der Waals surface area contributed by atoms with Crippen molar-refractivity contribution in [2.24, 2.45) is 0 Å². The molecule has 0 radical (unpaired) electrons. The van der Waals surface area contributed by atoms with Crippen molar-refractivity contribution in [2.75, 3.05) is 13.2 Å². The first kappa shape index (κ1) is 13.3. The Labute approximate surface area is 115 Å². The molecule has 4 heteroatoms. The average Bonchev–Trinajstić information content (AvgIpc) is 2.82. The summed E-state index contributed by atoms with van der Waals surface area (Å²) in [5.41, 5.74) is 1.21. The van der Waals surface area contributed by atoms with E-state index in [1.54, 1.807) is 12.1 Å². The second-order valence-corrected chi connectivity index (χ2v) is 5.53. The highest BCUT2D eigenvalue weighted by molar-refractivity contribution is 7.18. The third kappa shape index (κ3) is 3.95. The van der Waals surface area contributed by atoms with Crippen LogP contribution in [-0.2, 0) is 11.2 Å². The summed E-state index contributed by atoms with van der Waals surface area (Å²) in [6.45, 7) is 0.665. The molecule has 2 rings (SSSR count). The summed E-state index contributed by atoms with van der Waals surface area (Å²) in [6, 6.07) is 13.5. The zero-order chi connectivity index (χ0) is 12.8. The molecular formula is C14H13ClO2S. The van der Waals surface area contributed by atoms with Gasteiger partial charge in [-0.15, -0.1) is 11.3 Å². The van der Waals surface area contributed by atoms with Crippen LogP contribution in [0.4, 0.5) is 0 Å². The van der Waals surface area contributed by atoms with Gasteiger partial charge in [-0.3, -0.25) is 4.79 Å². The minimum Gasteiger partial charge on any atom is -0.373 e. The minimum absolute atomic E-state index is 0.0139. The lowest BCUT2D eigenvalue weighted by molar-refractivity contribution is 0.0769. The van der Waals surface area contributed by atoms with E-state index in [0.29, 0.717) is 15.8 Å². The van der Waals surface area contributed by atoms with Crippen molar-refractivity contribution in [3.05, 3.63) is 57.2 Å². The Morgan fingerprint density at radius 2 is 1.94 bits per heavy atom. The molecule has 0 spiro atoms. The Hall–Kier alpha value is -1.16. The highest BCUT2D eigenvalue weighted by atomic mass is 35.5. The van der Waals surface area contributed by atoms with Crippen molar-refractivity contribution in [2.45, 2.75) is 6.42 Å². The van der Waals surface area contributed by atoms with Crippen LogP contribution in [-0.4, -0.2) is 19.0 Å². The van der Waals surface area contributed by atoms with Crippen LogP contribution in [0.5, 0.6) is 0 Å². The van der Waals surface area contributed by atoms with Gasteiger partial charge < -0.3 is 4.74 Å². The predicted octanol–water partition coefficient (Wildman–Crippen LogP) is 3.84. The van der Waals surface area contributed by atoms with Crippen molar-refractivity contribution in [3.63, 3.8) is 0 Å². The van der Waals surface area contributed by atoms with E-state index in [0.717, 1.165) is 6.42 Å². The molecule has 0 N–H and O–H groups in total. The molecule has 0 fully saturated rings. The number of carbonyl (C=O) groups excluding carboxylic acids is 1. The number of hydrogen-bond donors (Lipinski definition) is 0. The van der Waals surface area contributed by atoms with Crippen LogP contribution < -0.4 is 0 Å². The lowest BCUT2D eigenvalue weighted by Crippen LogP contribution is -2.09. The number of rotatable bonds is 6. The molecule has 1 aromatic carbocycles. The first-order valence-corrected chi connectivity index (χ1v) is 6.85. The first-order chi connectivity index (χ1) is 8.75. The van der Waals surface area contributed by atoms with Gasteiger partial charge in [0.2, 0.25) is 0 Å². The summed E-state index contributed by atoms with van der Waals surface area (Å²) in [7, 11) is 0. The topological polar surface area (TPSA) is 26.3 Å². The van der Waals surface area contributed by atoms with Crippen LogP contribution in [0.2, 0.25) is 4.34 Å². The SMILES string of the molecule is O=C(COCCc1ccccc1)c1ccc(Cl)s1. The van der Waals surface area contributed by atoms with Gasteiger partial charge in [0.15, 0.2) is 5.78 Å². The van der Waals surface area contributed by atoms with E-state index in [2.05, 4.69) is 0 Å². The van der Waals surface area contributed by atoms with E-state index in [1.807, 2.05) is 30.3 Å². The average molecular weight is 281 g/mol. The van der Waals surface area contributed by atoms with Crippen molar-refractivity contribution in [1.29, 1.82) is 0 Å². The second-order valence-electron chi connectivity index (χ2n) is 3.82. The van der Waals surface area contributed by atoms with Crippen molar-refractivity contribution in [1.82, 2.24) is 0 Å². The molecule has 2 nitrogen and oxygen atoms in total. The molecule has 0 bridgehead atoms. The molecule has 0 saturated heterocycles. The van der Waals surface area contributed by atoms with Crippen LogP contribution in [0, 0.1) is 0 Å². The van der Waals surface area contributed by atoms with Crippen LogP contribution in [0.1, 0.15) is 15.2 Å². The van der Waals surface area contributed by atoms with Crippen molar-refractivity contribution < 1.29 is 9.53 Å². The summed E-state index contributed by atoms with van der Waals surface area (Å²) in [5, 5.41) is 0. The molecule has 0 saturated carbocycles. The maximum atomic E-state index is 11.7. The molecule has 0 atom stereocenters. The number of thiophene rings is 1. The highest BCUT2D eigenvalue weighted by Gasteiger charge is 2.08. The monoisotopic (exact) mass is 280 g/mol. The molecule has 0 amide bonds. The van der Waals surface area contributed by atoms with Crippen LogP contribution >= 0.6 is 22.9 Å². The van der Waals surface area contributed by atoms with Gasteiger partial charge in [-0.05, 0) is 24.1 Å². The molecule has 0 aliphatic rings. The van der Waals surface area contributed by atoms with E-state index in [9.17, 15) is 4.79 Å². The summed E-state index contributed by atoms with van der Waals surface area (Å²) >= 11 is 7.06. The molecule has 0 unspecified atom stereocenters. The minimum atomic E-state index is -0.0139. The Kier molecular flexibility index (Phi) is 4.93. The fraction of sp³-hybridized carbons (Fsp3) is 0.214. The van der Waals surface area contributed by atoms with Crippen molar-refractivity contribution in [3.8, 4) is 0 Å². The Balaban J connectivity index is 1.71. The Morgan fingerprint density at radius 3 is 2.61 bits per heavy atom. The fourth-order valence-corrected chi connectivity index (χ4v) is 2.50. The molecule has 0 aliphatic heterocycles. The molecule has 18 heavy (non-hydrogen) atoms. The Bertz CT molecular complexity index is 508. The van der Waals surface area contributed by atoms with Gasteiger partial charge in [0.25, 0.3) is 0 Å². The normalized spacial score (nSPS) is 10.5. The summed E-state index contributed by atoms with van der Waals surface area (Å²) in [6.07, 6.45) is 0.819. The molecule has 94 valence electrons. The van der Waals surface area contributed by atoms with E-state index < -0.39 is 0 Å². The number of carbonyl (C=O) groups is 1. The summed E-state index contributed by atoms with van der Waals surface area (Å²) < 4.78 is 6.00. The maximum absolute atomic E-state index is 11.7. The Morgan fingerprint density at radius 1 is 1.17 bits per heavy atom. The number of ether oxygens (including phenoxy) is 1. The predicted molar refractivity (Wildman–Crippen MR) is 74.6 cm³/mol. The smallest absolute Gasteiger partial charge is 0.198 e. The van der Waals surface area contributed by atoms with Gasteiger partial charge in [-0.25, -0.2) is 0 Å². The standard InChI is InChI=1S/C14H13ClO2S/c15-14-7-6-13(18-14)12(16)10-17-9-8-11-4-2-1-3-5-11/h1-7H,8-10H2. The van der Waals surface area contributed by atoms with Gasteiger partial charge in [0, 0.05) is 0 Å². The van der Waals surface area contributed by atoms with Crippen molar-refractivity contribution >= 4 is 28.7 Å². The molecule has 1 heterocycles. The highest BCUT2D eigenvalue weighted by Crippen LogP contribution is 2.21. The molecule has 1 aromatic heterocycles. The summed E-state index contributed by atoms with van der Waals surface area (Å²) in [5.74, 6) is -0.0139. The third-order valence-electron chi connectivity index (χ3n) is 2.46. The summed E-state index contributed by atoms with van der Waals surface area (Å²) in [4.78, 5) is 12.3.